The van der Waals surface area contributed by atoms with E-state index < -0.39 is 17.6 Å². The lowest BCUT2D eigenvalue weighted by atomic mass is 9.98. The van der Waals surface area contributed by atoms with Gasteiger partial charge in [0.2, 0.25) is 5.95 Å². The lowest BCUT2D eigenvalue weighted by molar-refractivity contribution is 0.278. The van der Waals surface area contributed by atoms with Crippen molar-refractivity contribution in [3.05, 3.63) is 59.2 Å². The summed E-state index contributed by atoms with van der Waals surface area (Å²) in [5, 5.41) is 6.87. The van der Waals surface area contributed by atoms with Crippen LogP contribution in [0, 0.1) is 23.5 Å². The highest BCUT2D eigenvalue weighted by atomic mass is 35.5. The summed E-state index contributed by atoms with van der Waals surface area (Å²) in [5.74, 6) is -1.41. The Morgan fingerprint density at radius 3 is 2.72 bits per heavy atom. The Balaban J connectivity index is 0.00000240. The van der Waals surface area contributed by atoms with Crippen LogP contribution in [0.4, 0.5) is 13.2 Å². The molecule has 8 heteroatoms. The van der Waals surface area contributed by atoms with Gasteiger partial charge in [-0.3, -0.25) is 0 Å². The number of nitrogens with one attached hydrogen (secondary N) is 2. The molecule has 4 rings (SSSR count). The zero-order chi connectivity index (χ0) is 19.5. The quantitative estimate of drug-likeness (QED) is 0.657. The van der Waals surface area contributed by atoms with Gasteiger partial charge in [0.25, 0.3) is 0 Å². The summed E-state index contributed by atoms with van der Waals surface area (Å²) < 4.78 is 47.5. The summed E-state index contributed by atoms with van der Waals surface area (Å²) in [4.78, 5) is 3.56. The fourth-order valence-corrected chi connectivity index (χ4v) is 3.85. The van der Waals surface area contributed by atoms with E-state index >= 15 is 0 Å². The lowest BCUT2D eigenvalue weighted by Crippen LogP contribution is -2.34. The molecule has 1 aromatic carbocycles. The Kier molecular flexibility index (Phi) is 7.38. The van der Waals surface area contributed by atoms with Gasteiger partial charge in [-0.25, -0.2) is 13.8 Å². The minimum absolute atomic E-state index is 0. The van der Waals surface area contributed by atoms with E-state index in [4.69, 9.17) is 4.74 Å². The predicted octanol–water partition coefficient (Wildman–Crippen LogP) is 3.94. The molecule has 1 saturated carbocycles. The van der Waals surface area contributed by atoms with Gasteiger partial charge in [-0.15, -0.1) is 12.4 Å². The van der Waals surface area contributed by atoms with Crippen molar-refractivity contribution in [3.63, 3.8) is 0 Å². The molecule has 0 bridgehead atoms. The Morgan fingerprint density at radius 2 is 1.97 bits per heavy atom. The number of rotatable bonds is 7. The van der Waals surface area contributed by atoms with Crippen molar-refractivity contribution in [2.45, 2.75) is 37.8 Å². The Bertz CT molecular complexity index is 833. The van der Waals surface area contributed by atoms with E-state index in [1.807, 2.05) is 0 Å². The first-order valence-electron chi connectivity index (χ1n) is 9.77. The van der Waals surface area contributed by atoms with Gasteiger partial charge in [-0.05, 0) is 63.0 Å². The van der Waals surface area contributed by atoms with E-state index in [2.05, 4.69) is 15.6 Å². The number of benzene rings is 1. The zero-order valence-electron chi connectivity index (χ0n) is 16.0. The van der Waals surface area contributed by atoms with Crippen molar-refractivity contribution in [2.75, 3.05) is 19.6 Å². The number of piperidine rings is 1. The first-order valence-corrected chi connectivity index (χ1v) is 9.77. The summed E-state index contributed by atoms with van der Waals surface area (Å²) in [6.45, 7) is 2.84. The van der Waals surface area contributed by atoms with Crippen LogP contribution in [-0.4, -0.2) is 30.7 Å². The third-order valence-electron chi connectivity index (χ3n) is 5.56. The molecule has 2 aromatic rings. The molecule has 2 atom stereocenters. The normalized spacial score (nSPS) is 21.5. The summed E-state index contributed by atoms with van der Waals surface area (Å²) >= 11 is 0. The van der Waals surface area contributed by atoms with Gasteiger partial charge in [-0.1, -0.05) is 0 Å². The first kappa shape index (κ1) is 21.9. The second-order valence-corrected chi connectivity index (χ2v) is 7.60. The Hall–Kier alpha value is -1.83. The van der Waals surface area contributed by atoms with Crippen molar-refractivity contribution in [2.24, 2.45) is 5.92 Å². The minimum Gasteiger partial charge on any atom is -0.485 e. The molecule has 4 nitrogen and oxygen atoms in total. The molecule has 2 N–H and O–H groups in total. The molecule has 0 radical (unpaired) electrons. The first-order chi connectivity index (χ1) is 13.6. The summed E-state index contributed by atoms with van der Waals surface area (Å²) in [7, 11) is 0. The maximum atomic E-state index is 14.4. The number of halogens is 4. The zero-order valence-corrected chi connectivity index (χ0v) is 16.8. The molecule has 0 unspecified atom stereocenters. The molecule has 2 aliphatic rings. The second-order valence-electron chi connectivity index (χ2n) is 7.60. The average molecular weight is 428 g/mol. The van der Waals surface area contributed by atoms with Crippen molar-refractivity contribution < 1.29 is 17.9 Å². The number of pyridine rings is 1. The monoisotopic (exact) mass is 427 g/mol. The van der Waals surface area contributed by atoms with E-state index in [9.17, 15) is 13.2 Å². The van der Waals surface area contributed by atoms with Crippen LogP contribution in [0.15, 0.2) is 30.5 Å². The van der Waals surface area contributed by atoms with Gasteiger partial charge in [0, 0.05) is 35.3 Å². The van der Waals surface area contributed by atoms with E-state index in [0.29, 0.717) is 11.5 Å². The number of aromatic nitrogens is 1. The highest BCUT2D eigenvalue weighted by Crippen LogP contribution is 2.46. The van der Waals surface area contributed by atoms with Crippen molar-refractivity contribution >= 4 is 12.4 Å². The molecule has 0 spiro atoms. The van der Waals surface area contributed by atoms with Crippen molar-refractivity contribution in [3.8, 4) is 5.75 Å². The third kappa shape index (κ3) is 5.41. The largest absolute Gasteiger partial charge is 0.485 e. The van der Waals surface area contributed by atoms with Crippen LogP contribution in [0.1, 0.15) is 36.3 Å². The molecule has 1 saturated heterocycles. The van der Waals surface area contributed by atoms with E-state index in [1.165, 1.54) is 18.3 Å². The maximum absolute atomic E-state index is 14.4. The Labute approximate surface area is 174 Å². The average Bonchev–Trinajstić information content (AvgIpc) is 3.47. The standard InChI is InChI=1S/C21H24F3N3O.ClH/c22-15-8-17(16-10-19(16)27-11-13-3-6-25-7-4-13)20(18(23)9-15)28-12-14-2-1-5-26-21(14)24;/h1-2,5,8-9,13,16,19,25,27H,3-4,6-7,10-12H2;1H/t16-,19+;/m0./s1. The van der Waals surface area contributed by atoms with Gasteiger partial charge in [-0.2, -0.15) is 4.39 Å². The molecule has 1 aromatic heterocycles. The summed E-state index contributed by atoms with van der Waals surface area (Å²) in [5.41, 5.74) is 0.734. The molecular weight excluding hydrogens is 403 g/mol. The molecule has 2 fully saturated rings. The van der Waals surface area contributed by atoms with Crippen LogP contribution in [0.3, 0.4) is 0 Å². The Morgan fingerprint density at radius 1 is 1.17 bits per heavy atom. The molecule has 158 valence electrons. The predicted molar refractivity (Wildman–Crippen MR) is 107 cm³/mol. The molecule has 0 amide bonds. The molecule has 1 aliphatic carbocycles. The van der Waals surface area contributed by atoms with E-state index in [0.717, 1.165) is 45.0 Å². The SMILES string of the molecule is Cl.Fc1cc(F)c(OCc2cccnc2F)c([C@@H]2C[C@H]2NCC2CCNCC2)c1. The van der Waals surface area contributed by atoms with Crippen LogP contribution in [0.5, 0.6) is 5.75 Å². The fourth-order valence-electron chi connectivity index (χ4n) is 3.85. The number of ether oxygens (including phenoxy) is 1. The van der Waals surface area contributed by atoms with Crippen molar-refractivity contribution in [1.82, 2.24) is 15.6 Å². The number of nitrogens with zero attached hydrogens (tertiary/aromatic N) is 1. The summed E-state index contributed by atoms with van der Waals surface area (Å²) in [6, 6.07) is 5.44. The molecular formula is C21H25ClF3N3O. The lowest BCUT2D eigenvalue weighted by Gasteiger charge is -2.23. The highest BCUT2D eigenvalue weighted by Gasteiger charge is 2.41. The van der Waals surface area contributed by atoms with Gasteiger partial charge in [0.1, 0.15) is 12.4 Å². The number of hydrogen-bond acceptors (Lipinski definition) is 4. The van der Waals surface area contributed by atoms with E-state index in [-0.39, 0.29) is 42.3 Å². The van der Waals surface area contributed by atoms with Crippen LogP contribution >= 0.6 is 12.4 Å². The smallest absolute Gasteiger partial charge is 0.219 e. The summed E-state index contributed by atoms with van der Waals surface area (Å²) in [6.07, 6.45) is 4.44. The molecule has 1 aliphatic heterocycles. The van der Waals surface area contributed by atoms with Crippen LogP contribution < -0.4 is 15.4 Å². The maximum Gasteiger partial charge on any atom is 0.219 e. The van der Waals surface area contributed by atoms with Crippen LogP contribution in [0.2, 0.25) is 0 Å². The van der Waals surface area contributed by atoms with Crippen molar-refractivity contribution in [1.29, 1.82) is 0 Å². The molecule has 29 heavy (non-hydrogen) atoms. The van der Waals surface area contributed by atoms with Crippen LogP contribution in [-0.2, 0) is 6.61 Å². The van der Waals surface area contributed by atoms with Gasteiger partial charge < -0.3 is 15.4 Å². The second kappa shape index (κ2) is 9.78. The fraction of sp³-hybridized carbons (Fsp3) is 0.476. The van der Waals surface area contributed by atoms with Gasteiger partial charge in [0.15, 0.2) is 11.6 Å². The molecule has 2 heterocycles. The topological polar surface area (TPSA) is 46.2 Å². The van der Waals surface area contributed by atoms with Gasteiger partial charge >= 0.3 is 0 Å². The van der Waals surface area contributed by atoms with Gasteiger partial charge in [0.05, 0.1) is 0 Å². The van der Waals surface area contributed by atoms with E-state index in [1.54, 1.807) is 6.07 Å². The third-order valence-corrected chi connectivity index (χ3v) is 5.56. The highest BCUT2D eigenvalue weighted by molar-refractivity contribution is 5.85. The number of hydrogen-bond donors (Lipinski definition) is 2. The minimum atomic E-state index is -0.761. The van der Waals surface area contributed by atoms with Crippen LogP contribution in [0.25, 0.3) is 0 Å².